The number of hydrogen-bond acceptors (Lipinski definition) is 3. The highest BCUT2D eigenvalue weighted by atomic mass is 32.2. The van der Waals surface area contributed by atoms with Crippen LogP contribution in [0.25, 0.3) is 0 Å². The highest BCUT2D eigenvalue weighted by Crippen LogP contribution is 2.15. The average Bonchev–Trinajstić information content (AvgIpc) is 2.77. The van der Waals surface area contributed by atoms with E-state index < -0.39 is 0 Å². The van der Waals surface area contributed by atoms with E-state index in [-0.39, 0.29) is 0 Å². The summed E-state index contributed by atoms with van der Waals surface area (Å²) in [6.07, 6.45) is 5.07. The molecule has 0 spiro atoms. The van der Waals surface area contributed by atoms with E-state index in [4.69, 9.17) is 0 Å². The summed E-state index contributed by atoms with van der Waals surface area (Å²) in [6.45, 7) is 4.23. The van der Waals surface area contributed by atoms with E-state index in [9.17, 15) is 4.79 Å². The number of rotatable bonds is 6. The molecule has 1 rings (SSSR count). The minimum Gasteiger partial charge on any atom is -0.343 e. The summed E-state index contributed by atoms with van der Waals surface area (Å²) in [7, 11) is 1.94. The minimum atomic E-state index is 0.308. The lowest BCUT2D eigenvalue weighted by atomic mass is 10.0. The predicted molar refractivity (Wildman–Crippen MR) is 70.8 cm³/mol. The molecule has 1 heterocycles. The first kappa shape index (κ1) is 13.8. The van der Waals surface area contributed by atoms with Gasteiger partial charge < -0.3 is 10.2 Å². The Morgan fingerprint density at radius 2 is 2.38 bits per heavy atom. The molecule has 0 radical (unpaired) electrons. The van der Waals surface area contributed by atoms with Gasteiger partial charge in [0.15, 0.2) is 0 Å². The van der Waals surface area contributed by atoms with Gasteiger partial charge in [-0.2, -0.15) is 11.8 Å². The van der Waals surface area contributed by atoms with Crippen molar-refractivity contribution in [2.24, 2.45) is 5.92 Å². The molecule has 0 aromatic rings. The average molecular weight is 244 g/mol. The van der Waals surface area contributed by atoms with Gasteiger partial charge in [0, 0.05) is 19.5 Å². The first-order valence-corrected chi connectivity index (χ1v) is 7.49. The summed E-state index contributed by atoms with van der Waals surface area (Å²) in [5.74, 6) is 1.99. The van der Waals surface area contributed by atoms with E-state index >= 15 is 0 Å². The predicted octanol–water partition coefficient (Wildman–Crippen LogP) is 1.59. The second kappa shape index (κ2) is 7.17. The summed E-state index contributed by atoms with van der Waals surface area (Å²) < 4.78 is 0. The van der Waals surface area contributed by atoms with Gasteiger partial charge in [0.2, 0.25) is 5.91 Å². The normalized spacial score (nSPS) is 22.1. The van der Waals surface area contributed by atoms with E-state index in [1.165, 1.54) is 0 Å². The Morgan fingerprint density at radius 1 is 1.62 bits per heavy atom. The first-order valence-electron chi connectivity index (χ1n) is 6.10. The smallest absolute Gasteiger partial charge is 0.222 e. The molecule has 3 nitrogen and oxygen atoms in total. The second-order valence-electron chi connectivity index (χ2n) is 4.70. The Hall–Kier alpha value is -0.220. The van der Waals surface area contributed by atoms with Crippen molar-refractivity contribution in [1.29, 1.82) is 0 Å². The van der Waals surface area contributed by atoms with Gasteiger partial charge >= 0.3 is 0 Å². The van der Waals surface area contributed by atoms with Crippen LogP contribution < -0.4 is 5.32 Å². The molecular formula is C12H24N2OS. The van der Waals surface area contributed by atoms with Crippen LogP contribution in [0, 0.1) is 5.92 Å². The molecule has 0 bridgehead atoms. The summed E-state index contributed by atoms with van der Waals surface area (Å²) in [5.41, 5.74) is 0. The van der Waals surface area contributed by atoms with Crippen molar-refractivity contribution in [1.82, 2.24) is 10.2 Å². The molecule has 0 aliphatic carbocycles. The third-order valence-electron chi connectivity index (χ3n) is 3.42. The SMILES string of the molecule is CSCCC(C)N(C)C(=O)CC1CCNC1. The molecule has 94 valence electrons. The molecule has 0 aromatic carbocycles. The number of carbonyl (C=O) groups is 1. The van der Waals surface area contributed by atoms with E-state index in [1.54, 1.807) is 0 Å². The van der Waals surface area contributed by atoms with Gasteiger partial charge in [0.1, 0.15) is 0 Å². The van der Waals surface area contributed by atoms with Crippen molar-refractivity contribution in [2.45, 2.75) is 32.2 Å². The van der Waals surface area contributed by atoms with Crippen LogP contribution in [0.15, 0.2) is 0 Å². The lowest BCUT2D eigenvalue weighted by molar-refractivity contribution is -0.132. The Balaban J connectivity index is 2.28. The van der Waals surface area contributed by atoms with Crippen molar-refractivity contribution >= 4 is 17.7 Å². The summed E-state index contributed by atoms with van der Waals surface area (Å²) in [6, 6.07) is 0.370. The number of nitrogens with one attached hydrogen (secondary N) is 1. The van der Waals surface area contributed by atoms with E-state index in [2.05, 4.69) is 18.5 Å². The quantitative estimate of drug-likeness (QED) is 0.770. The second-order valence-corrected chi connectivity index (χ2v) is 5.68. The number of nitrogens with zero attached hydrogens (tertiary/aromatic N) is 1. The van der Waals surface area contributed by atoms with Crippen molar-refractivity contribution in [3.8, 4) is 0 Å². The van der Waals surface area contributed by atoms with Gasteiger partial charge in [0.05, 0.1) is 0 Å². The van der Waals surface area contributed by atoms with E-state index in [0.29, 0.717) is 24.3 Å². The van der Waals surface area contributed by atoms with Crippen molar-refractivity contribution in [3.63, 3.8) is 0 Å². The highest BCUT2D eigenvalue weighted by Gasteiger charge is 2.22. The van der Waals surface area contributed by atoms with Gasteiger partial charge in [0.25, 0.3) is 0 Å². The lowest BCUT2D eigenvalue weighted by Crippen LogP contribution is -2.36. The van der Waals surface area contributed by atoms with Gasteiger partial charge in [-0.25, -0.2) is 0 Å². The number of thioether (sulfide) groups is 1. The zero-order valence-corrected chi connectivity index (χ0v) is 11.5. The fourth-order valence-electron chi connectivity index (χ4n) is 2.01. The Labute approximate surface area is 103 Å². The maximum absolute atomic E-state index is 12.0. The van der Waals surface area contributed by atoms with Gasteiger partial charge in [-0.05, 0) is 50.8 Å². The topological polar surface area (TPSA) is 32.3 Å². The van der Waals surface area contributed by atoms with Crippen LogP contribution in [-0.4, -0.2) is 49.0 Å². The van der Waals surface area contributed by atoms with Crippen molar-refractivity contribution < 1.29 is 4.79 Å². The fourth-order valence-corrected chi connectivity index (χ4v) is 2.58. The number of carbonyl (C=O) groups excluding carboxylic acids is 1. The molecule has 16 heavy (non-hydrogen) atoms. The maximum atomic E-state index is 12.0. The van der Waals surface area contributed by atoms with E-state index in [0.717, 1.165) is 31.7 Å². The Kier molecular flexibility index (Phi) is 6.21. The van der Waals surface area contributed by atoms with Crippen LogP contribution in [0.4, 0.5) is 0 Å². The molecule has 2 atom stereocenters. The molecule has 0 aromatic heterocycles. The molecule has 1 aliphatic rings. The van der Waals surface area contributed by atoms with E-state index in [1.807, 2.05) is 23.7 Å². The zero-order valence-electron chi connectivity index (χ0n) is 10.7. The zero-order chi connectivity index (χ0) is 12.0. The lowest BCUT2D eigenvalue weighted by Gasteiger charge is -2.26. The van der Waals surface area contributed by atoms with Crippen molar-refractivity contribution in [3.05, 3.63) is 0 Å². The highest BCUT2D eigenvalue weighted by molar-refractivity contribution is 7.98. The van der Waals surface area contributed by atoms with Crippen molar-refractivity contribution in [2.75, 3.05) is 32.1 Å². The largest absolute Gasteiger partial charge is 0.343 e. The molecule has 2 unspecified atom stereocenters. The van der Waals surface area contributed by atoms with Crippen LogP contribution >= 0.6 is 11.8 Å². The minimum absolute atomic E-state index is 0.308. The van der Waals surface area contributed by atoms with Gasteiger partial charge in [-0.3, -0.25) is 4.79 Å². The molecule has 1 N–H and O–H groups in total. The summed E-state index contributed by atoms with van der Waals surface area (Å²) in [5, 5.41) is 3.31. The Bertz CT molecular complexity index is 217. The summed E-state index contributed by atoms with van der Waals surface area (Å²) in [4.78, 5) is 13.9. The molecule has 4 heteroatoms. The molecule has 1 aliphatic heterocycles. The number of amides is 1. The molecule has 1 saturated heterocycles. The third kappa shape index (κ3) is 4.34. The third-order valence-corrected chi connectivity index (χ3v) is 4.06. The number of hydrogen-bond donors (Lipinski definition) is 1. The molecule has 1 amide bonds. The molecule has 0 saturated carbocycles. The molecule has 1 fully saturated rings. The Morgan fingerprint density at radius 3 is 2.94 bits per heavy atom. The van der Waals surface area contributed by atoms with Crippen LogP contribution in [0.5, 0.6) is 0 Å². The van der Waals surface area contributed by atoms with Gasteiger partial charge in [-0.15, -0.1) is 0 Å². The fraction of sp³-hybridized carbons (Fsp3) is 0.917. The van der Waals surface area contributed by atoms with Gasteiger partial charge in [-0.1, -0.05) is 0 Å². The van der Waals surface area contributed by atoms with Crippen LogP contribution in [0.3, 0.4) is 0 Å². The monoisotopic (exact) mass is 244 g/mol. The standard InChI is InChI=1S/C12H24N2OS/c1-10(5-7-16-3)14(2)12(15)8-11-4-6-13-9-11/h10-11,13H,4-9H2,1-3H3. The molecular weight excluding hydrogens is 220 g/mol. The first-order chi connectivity index (χ1) is 7.65. The maximum Gasteiger partial charge on any atom is 0.222 e. The van der Waals surface area contributed by atoms with Crippen LogP contribution in [0.2, 0.25) is 0 Å². The summed E-state index contributed by atoms with van der Waals surface area (Å²) >= 11 is 1.84. The van der Waals surface area contributed by atoms with Crippen LogP contribution in [0.1, 0.15) is 26.2 Å². The van der Waals surface area contributed by atoms with Crippen LogP contribution in [-0.2, 0) is 4.79 Å².